The second-order valence-electron chi connectivity index (χ2n) is 5.67. The van der Waals surface area contributed by atoms with Crippen molar-refractivity contribution >= 4 is 17.5 Å². The topological polar surface area (TPSA) is 91.7 Å². The number of carbonyl (C=O) groups excluding carboxylic acids is 2. The zero-order valence-corrected chi connectivity index (χ0v) is 15.3. The fourth-order valence-corrected chi connectivity index (χ4v) is 2.35. The van der Waals surface area contributed by atoms with E-state index in [1.54, 1.807) is 55.6 Å². The van der Waals surface area contributed by atoms with Crippen molar-refractivity contribution in [2.75, 3.05) is 32.1 Å². The molecule has 0 aromatic heterocycles. The van der Waals surface area contributed by atoms with E-state index in [2.05, 4.69) is 5.32 Å². The Balaban J connectivity index is 1.88. The van der Waals surface area contributed by atoms with E-state index < -0.39 is 0 Å². The number of carbonyl (C=O) groups is 2. The number of rotatable bonds is 8. The molecule has 0 saturated heterocycles. The molecule has 2 aromatic carbocycles. The minimum atomic E-state index is -0.377. The van der Waals surface area contributed by atoms with Crippen molar-refractivity contribution in [1.29, 1.82) is 5.26 Å². The van der Waals surface area contributed by atoms with E-state index in [0.717, 1.165) is 5.75 Å². The zero-order chi connectivity index (χ0) is 19.6. The summed E-state index contributed by atoms with van der Waals surface area (Å²) in [6, 6.07) is 15.8. The number of nitrogens with one attached hydrogen (secondary N) is 1. The van der Waals surface area contributed by atoms with Gasteiger partial charge in [-0.25, -0.2) is 0 Å². The highest BCUT2D eigenvalue weighted by Gasteiger charge is 2.15. The SMILES string of the molecule is COc1ccc(OCCN(CC(=O)Nc2ccccc2C#N)C(C)=O)cc1. The summed E-state index contributed by atoms with van der Waals surface area (Å²) < 4.78 is 10.7. The summed E-state index contributed by atoms with van der Waals surface area (Å²) >= 11 is 0. The molecule has 0 fully saturated rings. The first-order valence-corrected chi connectivity index (χ1v) is 8.35. The molecule has 7 nitrogen and oxygen atoms in total. The molecule has 0 aliphatic heterocycles. The lowest BCUT2D eigenvalue weighted by atomic mass is 10.2. The van der Waals surface area contributed by atoms with Crippen LogP contribution in [-0.4, -0.2) is 43.5 Å². The van der Waals surface area contributed by atoms with Gasteiger partial charge in [-0.15, -0.1) is 0 Å². The van der Waals surface area contributed by atoms with E-state index in [1.165, 1.54) is 11.8 Å². The summed E-state index contributed by atoms with van der Waals surface area (Å²) in [5.74, 6) is 0.753. The lowest BCUT2D eigenvalue weighted by Gasteiger charge is -2.21. The van der Waals surface area contributed by atoms with Crippen LogP contribution in [0.5, 0.6) is 11.5 Å². The Hall–Kier alpha value is -3.53. The van der Waals surface area contributed by atoms with Crippen LogP contribution in [0.25, 0.3) is 0 Å². The number of amides is 2. The second kappa shape index (κ2) is 9.82. The van der Waals surface area contributed by atoms with Gasteiger partial charge in [-0.3, -0.25) is 9.59 Å². The molecule has 0 saturated carbocycles. The van der Waals surface area contributed by atoms with Crippen molar-refractivity contribution in [3.63, 3.8) is 0 Å². The van der Waals surface area contributed by atoms with Gasteiger partial charge in [-0.05, 0) is 36.4 Å². The van der Waals surface area contributed by atoms with Gasteiger partial charge in [-0.2, -0.15) is 5.26 Å². The second-order valence-corrected chi connectivity index (χ2v) is 5.67. The Bertz CT molecular complexity index is 828. The summed E-state index contributed by atoms with van der Waals surface area (Å²) in [6.07, 6.45) is 0. The van der Waals surface area contributed by atoms with Crippen LogP contribution in [0.3, 0.4) is 0 Å². The molecule has 1 N–H and O–H groups in total. The Morgan fingerprint density at radius 2 is 1.78 bits per heavy atom. The summed E-state index contributed by atoms with van der Waals surface area (Å²) in [4.78, 5) is 25.4. The van der Waals surface area contributed by atoms with Crippen LogP contribution < -0.4 is 14.8 Å². The number of nitrogens with zero attached hydrogens (tertiary/aromatic N) is 2. The maximum Gasteiger partial charge on any atom is 0.244 e. The average molecular weight is 367 g/mol. The van der Waals surface area contributed by atoms with Crippen molar-refractivity contribution in [2.45, 2.75) is 6.92 Å². The highest BCUT2D eigenvalue weighted by atomic mass is 16.5. The monoisotopic (exact) mass is 367 g/mol. The molecule has 7 heteroatoms. The predicted molar refractivity (Wildman–Crippen MR) is 101 cm³/mol. The van der Waals surface area contributed by atoms with E-state index >= 15 is 0 Å². The standard InChI is InChI=1S/C20H21N3O4/c1-15(24)23(11-12-27-18-9-7-17(26-2)8-10-18)14-20(25)22-19-6-4-3-5-16(19)13-21/h3-10H,11-12,14H2,1-2H3,(H,22,25). The molecule has 2 aromatic rings. The minimum absolute atomic E-state index is 0.124. The van der Waals surface area contributed by atoms with Gasteiger partial charge in [0, 0.05) is 6.92 Å². The number of methoxy groups -OCH3 is 1. The first kappa shape index (κ1) is 19.8. The molecule has 0 unspecified atom stereocenters. The van der Waals surface area contributed by atoms with Gasteiger partial charge in [0.25, 0.3) is 0 Å². The first-order chi connectivity index (χ1) is 13.0. The van der Waals surface area contributed by atoms with Crippen LogP contribution in [0.1, 0.15) is 12.5 Å². The minimum Gasteiger partial charge on any atom is -0.497 e. The van der Waals surface area contributed by atoms with Gasteiger partial charge in [0.2, 0.25) is 11.8 Å². The van der Waals surface area contributed by atoms with E-state index in [-0.39, 0.29) is 31.5 Å². The third kappa shape index (κ3) is 6.04. The number of benzene rings is 2. The van der Waals surface area contributed by atoms with Crippen molar-refractivity contribution in [1.82, 2.24) is 4.90 Å². The molecular weight excluding hydrogens is 346 g/mol. The van der Waals surface area contributed by atoms with Gasteiger partial charge in [0.15, 0.2) is 0 Å². The number of anilines is 1. The van der Waals surface area contributed by atoms with Crippen LogP contribution in [-0.2, 0) is 9.59 Å². The number of hydrogen-bond donors (Lipinski definition) is 1. The molecule has 27 heavy (non-hydrogen) atoms. The Morgan fingerprint density at radius 1 is 1.11 bits per heavy atom. The largest absolute Gasteiger partial charge is 0.497 e. The summed E-state index contributed by atoms with van der Waals surface area (Å²) in [5, 5.41) is 11.7. The van der Waals surface area contributed by atoms with Crippen LogP contribution in [0.2, 0.25) is 0 Å². The van der Waals surface area contributed by atoms with Crippen LogP contribution >= 0.6 is 0 Å². The van der Waals surface area contributed by atoms with Crippen LogP contribution in [0, 0.1) is 11.3 Å². The molecule has 0 radical (unpaired) electrons. The number of hydrogen-bond acceptors (Lipinski definition) is 5. The van der Waals surface area contributed by atoms with Crippen molar-refractivity contribution in [2.24, 2.45) is 0 Å². The molecule has 0 aliphatic rings. The molecule has 0 bridgehead atoms. The molecule has 0 atom stereocenters. The highest BCUT2D eigenvalue weighted by Crippen LogP contribution is 2.17. The van der Waals surface area contributed by atoms with Gasteiger partial charge in [0.1, 0.15) is 24.2 Å². The number of nitriles is 1. The Labute approximate surface area is 158 Å². The fourth-order valence-electron chi connectivity index (χ4n) is 2.35. The Kier molecular flexibility index (Phi) is 7.20. The normalized spacial score (nSPS) is 9.81. The number of para-hydroxylation sites is 1. The van der Waals surface area contributed by atoms with Crippen molar-refractivity contribution in [3.05, 3.63) is 54.1 Å². The van der Waals surface area contributed by atoms with E-state index in [0.29, 0.717) is 17.0 Å². The van der Waals surface area contributed by atoms with Gasteiger partial charge >= 0.3 is 0 Å². The van der Waals surface area contributed by atoms with E-state index in [4.69, 9.17) is 14.7 Å². The molecule has 0 heterocycles. The Morgan fingerprint density at radius 3 is 2.41 bits per heavy atom. The molecule has 0 aliphatic carbocycles. The van der Waals surface area contributed by atoms with Gasteiger partial charge in [0.05, 0.1) is 31.5 Å². The molecule has 2 rings (SSSR count). The summed E-state index contributed by atoms with van der Waals surface area (Å²) in [5.41, 5.74) is 0.783. The van der Waals surface area contributed by atoms with Crippen LogP contribution in [0.4, 0.5) is 5.69 Å². The lowest BCUT2D eigenvalue weighted by molar-refractivity contribution is -0.133. The predicted octanol–water partition coefficient (Wildman–Crippen LogP) is 2.43. The van der Waals surface area contributed by atoms with E-state index in [9.17, 15) is 9.59 Å². The zero-order valence-electron chi connectivity index (χ0n) is 15.3. The van der Waals surface area contributed by atoms with Crippen molar-refractivity contribution in [3.8, 4) is 17.6 Å². The van der Waals surface area contributed by atoms with Gasteiger partial charge in [-0.1, -0.05) is 12.1 Å². The van der Waals surface area contributed by atoms with Gasteiger partial charge < -0.3 is 19.7 Å². The quantitative estimate of drug-likeness (QED) is 0.774. The average Bonchev–Trinajstić information content (AvgIpc) is 2.68. The maximum absolute atomic E-state index is 12.2. The van der Waals surface area contributed by atoms with E-state index in [1.807, 2.05) is 6.07 Å². The third-order valence-electron chi connectivity index (χ3n) is 3.79. The van der Waals surface area contributed by atoms with Crippen molar-refractivity contribution < 1.29 is 19.1 Å². The molecule has 0 spiro atoms. The maximum atomic E-state index is 12.2. The third-order valence-corrected chi connectivity index (χ3v) is 3.79. The smallest absolute Gasteiger partial charge is 0.244 e. The summed E-state index contributed by atoms with van der Waals surface area (Å²) in [6.45, 7) is 1.77. The molecular formula is C20H21N3O4. The summed E-state index contributed by atoms with van der Waals surface area (Å²) in [7, 11) is 1.58. The molecule has 140 valence electrons. The number of ether oxygens (including phenoxy) is 2. The molecule has 2 amide bonds. The highest BCUT2D eigenvalue weighted by molar-refractivity contribution is 5.95. The first-order valence-electron chi connectivity index (χ1n) is 8.35. The fraction of sp³-hybridized carbons (Fsp3) is 0.250. The lowest BCUT2D eigenvalue weighted by Crippen LogP contribution is -2.39. The van der Waals surface area contributed by atoms with Crippen LogP contribution in [0.15, 0.2) is 48.5 Å².